The minimum absolute atomic E-state index is 0.594. The molecule has 0 atom stereocenters. The molecular formula is C16H18ClN3. The number of anilines is 2. The van der Waals surface area contributed by atoms with Crippen LogP contribution in [0, 0.1) is 12.8 Å². The molecule has 1 aliphatic carbocycles. The molecule has 0 spiro atoms. The van der Waals surface area contributed by atoms with Gasteiger partial charge in [-0.1, -0.05) is 23.7 Å². The van der Waals surface area contributed by atoms with Gasteiger partial charge in [-0.05, 0) is 37.8 Å². The lowest BCUT2D eigenvalue weighted by atomic mass is 10.1. The number of aryl methyl sites for hydroxylation is 1. The molecule has 1 saturated carbocycles. The standard InChI is InChI=1S/C16H18ClN3/c1-10-2-5-12(9-19-10)13-6-7-14(16(18)15(13)17)20-8-11-3-4-11/h2,5-7,9,11,20H,3-4,8,18H2,1H3. The fourth-order valence-corrected chi connectivity index (χ4v) is 2.45. The highest BCUT2D eigenvalue weighted by Gasteiger charge is 2.21. The Kier molecular flexibility index (Phi) is 3.53. The second-order valence-corrected chi connectivity index (χ2v) is 5.78. The zero-order chi connectivity index (χ0) is 14.1. The van der Waals surface area contributed by atoms with Crippen LogP contribution in [-0.2, 0) is 0 Å². The van der Waals surface area contributed by atoms with E-state index < -0.39 is 0 Å². The first-order chi connectivity index (χ1) is 9.65. The van der Waals surface area contributed by atoms with Crippen molar-refractivity contribution < 1.29 is 0 Å². The Bertz CT molecular complexity index is 618. The molecule has 3 N–H and O–H groups in total. The Morgan fingerprint density at radius 2 is 2.10 bits per heavy atom. The first-order valence-electron chi connectivity index (χ1n) is 6.90. The van der Waals surface area contributed by atoms with Crippen LogP contribution in [0.1, 0.15) is 18.5 Å². The van der Waals surface area contributed by atoms with Gasteiger partial charge in [0.2, 0.25) is 0 Å². The van der Waals surface area contributed by atoms with Gasteiger partial charge in [-0.2, -0.15) is 0 Å². The molecule has 3 rings (SSSR count). The van der Waals surface area contributed by atoms with Crippen LogP contribution in [-0.4, -0.2) is 11.5 Å². The number of benzene rings is 1. The second-order valence-electron chi connectivity index (χ2n) is 5.40. The number of aromatic nitrogens is 1. The van der Waals surface area contributed by atoms with Crippen molar-refractivity contribution in [1.82, 2.24) is 4.98 Å². The molecule has 1 fully saturated rings. The van der Waals surface area contributed by atoms with E-state index in [1.165, 1.54) is 12.8 Å². The Hall–Kier alpha value is -1.74. The van der Waals surface area contributed by atoms with Crippen molar-refractivity contribution in [3.05, 3.63) is 41.2 Å². The summed E-state index contributed by atoms with van der Waals surface area (Å²) >= 11 is 6.41. The lowest BCUT2D eigenvalue weighted by Crippen LogP contribution is -2.06. The topological polar surface area (TPSA) is 50.9 Å². The molecule has 1 aliphatic rings. The summed E-state index contributed by atoms with van der Waals surface area (Å²) in [4.78, 5) is 4.30. The van der Waals surface area contributed by atoms with Crippen molar-refractivity contribution in [3.8, 4) is 11.1 Å². The maximum absolute atomic E-state index is 6.41. The van der Waals surface area contributed by atoms with Crippen LogP contribution in [0.25, 0.3) is 11.1 Å². The van der Waals surface area contributed by atoms with E-state index in [0.29, 0.717) is 10.7 Å². The van der Waals surface area contributed by atoms with E-state index >= 15 is 0 Å². The van der Waals surface area contributed by atoms with Crippen molar-refractivity contribution >= 4 is 23.0 Å². The van der Waals surface area contributed by atoms with Crippen molar-refractivity contribution in [1.29, 1.82) is 0 Å². The third-order valence-electron chi connectivity index (χ3n) is 3.68. The van der Waals surface area contributed by atoms with Gasteiger partial charge in [0.05, 0.1) is 16.4 Å². The van der Waals surface area contributed by atoms with E-state index in [2.05, 4.69) is 10.3 Å². The zero-order valence-electron chi connectivity index (χ0n) is 11.5. The maximum Gasteiger partial charge on any atom is 0.0745 e. The normalized spacial score (nSPS) is 14.3. The van der Waals surface area contributed by atoms with E-state index in [0.717, 1.165) is 35.0 Å². The molecule has 0 bridgehead atoms. The number of halogens is 1. The summed E-state index contributed by atoms with van der Waals surface area (Å²) < 4.78 is 0. The zero-order valence-corrected chi connectivity index (χ0v) is 12.2. The van der Waals surface area contributed by atoms with Crippen LogP contribution >= 0.6 is 11.6 Å². The molecule has 0 aliphatic heterocycles. The molecule has 104 valence electrons. The van der Waals surface area contributed by atoms with Gasteiger partial charge in [0.1, 0.15) is 0 Å². The maximum atomic E-state index is 6.41. The Labute approximate surface area is 124 Å². The quantitative estimate of drug-likeness (QED) is 0.832. The van der Waals surface area contributed by atoms with Gasteiger partial charge in [0.15, 0.2) is 0 Å². The van der Waals surface area contributed by atoms with Crippen LogP contribution in [0.5, 0.6) is 0 Å². The molecule has 3 nitrogen and oxygen atoms in total. The largest absolute Gasteiger partial charge is 0.396 e. The number of nitrogens with one attached hydrogen (secondary N) is 1. The number of nitrogen functional groups attached to an aromatic ring is 1. The van der Waals surface area contributed by atoms with Gasteiger partial charge in [-0.25, -0.2) is 0 Å². The molecule has 2 aromatic rings. The molecule has 0 radical (unpaired) electrons. The van der Waals surface area contributed by atoms with Gasteiger partial charge in [-0.15, -0.1) is 0 Å². The molecule has 1 aromatic carbocycles. The average molecular weight is 288 g/mol. The summed E-state index contributed by atoms with van der Waals surface area (Å²) in [5.41, 5.74) is 10.6. The highest BCUT2D eigenvalue weighted by Crippen LogP contribution is 2.37. The Balaban J connectivity index is 1.88. The molecule has 0 saturated heterocycles. The van der Waals surface area contributed by atoms with Gasteiger partial charge in [0.25, 0.3) is 0 Å². The Morgan fingerprint density at radius 3 is 2.75 bits per heavy atom. The van der Waals surface area contributed by atoms with Crippen LogP contribution < -0.4 is 11.1 Å². The first kappa shape index (κ1) is 13.3. The fourth-order valence-electron chi connectivity index (χ4n) is 2.17. The fraction of sp³-hybridized carbons (Fsp3) is 0.312. The predicted molar refractivity (Wildman–Crippen MR) is 85.0 cm³/mol. The molecule has 0 amide bonds. The number of nitrogens with two attached hydrogens (primary N) is 1. The van der Waals surface area contributed by atoms with Crippen LogP contribution in [0.3, 0.4) is 0 Å². The molecule has 1 heterocycles. The third-order valence-corrected chi connectivity index (χ3v) is 4.09. The number of hydrogen-bond donors (Lipinski definition) is 2. The average Bonchev–Trinajstić information content (AvgIpc) is 3.26. The smallest absolute Gasteiger partial charge is 0.0745 e. The Morgan fingerprint density at radius 1 is 1.30 bits per heavy atom. The molecule has 20 heavy (non-hydrogen) atoms. The van der Waals surface area contributed by atoms with Crippen molar-refractivity contribution in [2.75, 3.05) is 17.6 Å². The monoisotopic (exact) mass is 287 g/mol. The number of pyridine rings is 1. The number of nitrogens with zero attached hydrogens (tertiary/aromatic N) is 1. The van der Waals surface area contributed by atoms with Gasteiger partial charge >= 0.3 is 0 Å². The summed E-state index contributed by atoms with van der Waals surface area (Å²) in [5.74, 6) is 0.800. The lowest BCUT2D eigenvalue weighted by Gasteiger charge is -2.13. The lowest BCUT2D eigenvalue weighted by molar-refractivity contribution is 0.890. The summed E-state index contributed by atoms with van der Waals surface area (Å²) in [6, 6.07) is 7.99. The van der Waals surface area contributed by atoms with Crippen molar-refractivity contribution in [3.63, 3.8) is 0 Å². The molecular weight excluding hydrogens is 270 g/mol. The summed E-state index contributed by atoms with van der Waals surface area (Å²) in [6.45, 7) is 2.94. The number of hydrogen-bond acceptors (Lipinski definition) is 3. The minimum Gasteiger partial charge on any atom is -0.396 e. The molecule has 4 heteroatoms. The summed E-state index contributed by atoms with van der Waals surface area (Å²) in [7, 11) is 0. The van der Waals surface area contributed by atoms with Crippen LogP contribution in [0.2, 0.25) is 5.02 Å². The van der Waals surface area contributed by atoms with Crippen molar-refractivity contribution in [2.24, 2.45) is 5.92 Å². The van der Waals surface area contributed by atoms with Gasteiger partial charge in [0, 0.05) is 29.6 Å². The molecule has 0 unspecified atom stereocenters. The molecule has 1 aromatic heterocycles. The predicted octanol–water partition coefficient (Wildman–Crippen LogP) is 4.11. The first-order valence-corrected chi connectivity index (χ1v) is 7.28. The van der Waals surface area contributed by atoms with E-state index in [1.54, 1.807) is 0 Å². The van der Waals surface area contributed by atoms with Crippen LogP contribution in [0.4, 0.5) is 11.4 Å². The summed E-state index contributed by atoms with van der Waals surface area (Å²) in [5, 5.41) is 3.97. The van der Waals surface area contributed by atoms with E-state index in [4.69, 9.17) is 17.3 Å². The minimum atomic E-state index is 0.594. The number of rotatable bonds is 4. The third kappa shape index (κ3) is 2.73. The van der Waals surface area contributed by atoms with Gasteiger partial charge < -0.3 is 11.1 Å². The SMILES string of the molecule is Cc1ccc(-c2ccc(NCC3CC3)c(N)c2Cl)cn1. The van der Waals surface area contributed by atoms with Crippen molar-refractivity contribution in [2.45, 2.75) is 19.8 Å². The van der Waals surface area contributed by atoms with Gasteiger partial charge in [-0.3, -0.25) is 4.98 Å². The second kappa shape index (κ2) is 5.33. The highest BCUT2D eigenvalue weighted by atomic mass is 35.5. The van der Waals surface area contributed by atoms with E-state index in [9.17, 15) is 0 Å². The van der Waals surface area contributed by atoms with E-state index in [1.807, 2.05) is 37.4 Å². The van der Waals surface area contributed by atoms with Crippen LogP contribution in [0.15, 0.2) is 30.5 Å². The highest BCUT2D eigenvalue weighted by molar-refractivity contribution is 6.36. The van der Waals surface area contributed by atoms with E-state index in [-0.39, 0.29) is 0 Å². The summed E-state index contributed by atoms with van der Waals surface area (Å²) in [6.07, 6.45) is 4.45.